The molecular formula is C32H30ClNO3. The molecule has 0 aliphatic carbocycles. The van der Waals surface area contributed by atoms with Crippen LogP contribution in [0.15, 0.2) is 91.0 Å². The van der Waals surface area contributed by atoms with Crippen LogP contribution in [0.2, 0.25) is 5.02 Å². The van der Waals surface area contributed by atoms with Gasteiger partial charge < -0.3 is 9.84 Å². The first-order chi connectivity index (χ1) is 17.6. The number of nitrogens with zero attached hydrogens (tertiary/aromatic N) is 1. The second-order valence-corrected chi connectivity index (χ2v) is 10.8. The number of methoxy groups -OCH3 is 1. The summed E-state index contributed by atoms with van der Waals surface area (Å²) in [5.74, 6) is -0.680. The highest BCUT2D eigenvalue weighted by Gasteiger charge is 2.65. The minimum atomic E-state index is -1.94. The Kier molecular flexibility index (Phi) is 7.04. The molecule has 4 aromatic rings. The molecule has 5 heteroatoms. The van der Waals surface area contributed by atoms with Crippen LogP contribution in [0.1, 0.15) is 37.5 Å². The van der Waals surface area contributed by atoms with E-state index >= 15 is 0 Å². The number of carbonyl (C=O) groups is 1. The molecule has 188 valence electrons. The fourth-order valence-corrected chi connectivity index (χ4v) is 6.27. The van der Waals surface area contributed by atoms with E-state index in [9.17, 15) is 15.2 Å². The number of rotatable bonds is 7. The molecule has 2 unspecified atom stereocenters. The molecule has 0 amide bonds. The summed E-state index contributed by atoms with van der Waals surface area (Å²) < 4.78 is 5.85. The summed E-state index contributed by atoms with van der Waals surface area (Å²) >= 11 is 6.31. The number of carboxylic acids is 1. The van der Waals surface area contributed by atoms with Crippen LogP contribution in [0, 0.1) is 22.2 Å². The van der Waals surface area contributed by atoms with E-state index in [1.165, 1.54) is 0 Å². The van der Waals surface area contributed by atoms with Gasteiger partial charge in [-0.05, 0) is 45.5 Å². The summed E-state index contributed by atoms with van der Waals surface area (Å²) in [6.45, 7) is 5.98. The van der Waals surface area contributed by atoms with Gasteiger partial charge in [0.1, 0.15) is 5.75 Å². The van der Waals surface area contributed by atoms with Crippen molar-refractivity contribution in [2.24, 2.45) is 10.8 Å². The molecule has 2 atom stereocenters. The molecule has 4 rings (SSSR count). The Morgan fingerprint density at radius 2 is 1.54 bits per heavy atom. The Labute approximate surface area is 223 Å². The van der Waals surface area contributed by atoms with Crippen LogP contribution < -0.4 is 4.74 Å². The van der Waals surface area contributed by atoms with Crippen molar-refractivity contribution in [2.45, 2.75) is 32.6 Å². The Morgan fingerprint density at radius 3 is 2.19 bits per heavy atom. The van der Waals surface area contributed by atoms with Crippen LogP contribution in [0.25, 0.3) is 10.8 Å². The molecule has 0 radical (unpaired) electrons. The quantitative estimate of drug-likeness (QED) is 0.276. The average molecular weight is 512 g/mol. The highest BCUT2D eigenvalue weighted by molar-refractivity contribution is 6.30. The van der Waals surface area contributed by atoms with Crippen molar-refractivity contribution in [1.82, 2.24) is 0 Å². The van der Waals surface area contributed by atoms with Gasteiger partial charge in [0.25, 0.3) is 0 Å². The van der Waals surface area contributed by atoms with Crippen LogP contribution >= 0.6 is 11.6 Å². The van der Waals surface area contributed by atoms with E-state index in [0.29, 0.717) is 21.9 Å². The van der Waals surface area contributed by atoms with Crippen molar-refractivity contribution < 1.29 is 14.6 Å². The number of ether oxygens (including phenoxy) is 1. The van der Waals surface area contributed by atoms with Crippen molar-refractivity contribution in [3.05, 3.63) is 113 Å². The largest absolute Gasteiger partial charge is 0.496 e. The lowest BCUT2D eigenvalue weighted by atomic mass is 9.45. The van der Waals surface area contributed by atoms with Crippen molar-refractivity contribution in [3.63, 3.8) is 0 Å². The highest BCUT2D eigenvalue weighted by atomic mass is 35.5. The molecule has 0 saturated carbocycles. The summed E-state index contributed by atoms with van der Waals surface area (Å²) in [5, 5.41) is 24.5. The minimum absolute atomic E-state index is 0.0576. The second kappa shape index (κ2) is 9.92. The molecule has 4 nitrogen and oxygen atoms in total. The van der Waals surface area contributed by atoms with E-state index in [0.717, 1.165) is 16.3 Å². The zero-order chi connectivity index (χ0) is 26.8. The van der Waals surface area contributed by atoms with Crippen LogP contribution in [-0.4, -0.2) is 18.2 Å². The molecule has 0 aliphatic rings. The average Bonchev–Trinajstić information content (AvgIpc) is 2.87. The van der Waals surface area contributed by atoms with Gasteiger partial charge in [0, 0.05) is 17.0 Å². The Hall–Kier alpha value is -3.81. The first-order valence-corrected chi connectivity index (χ1v) is 12.5. The SMILES string of the molecule is COc1ccccc1C(c1cccc2ccccc12)(C(C)(C)C)C(C#N)(Cc1cccc(Cl)c1)C(=O)O. The summed E-state index contributed by atoms with van der Waals surface area (Å²) in [7, 11) is 1.57. The highest BCUT2D eigenvalue weighted by Crippen LogP contribution is 2.61. The fourth-order valence-electron chi connectivity index (χ4n) is 6.05. The van der Waals surface area contributed by atoms with Crippen molar-refractivity contribution in [2.75, 3.05) is 7.11 Å². The molecule has 0 saturated heterocycles. The molecule has 37 heavy (non-hydrogen) atoms. The standard InChI is InChI=1S/C32H30ClNO3/c1-30(2,3)32(27-16-7-8-18-28(27)37-4,26-17-10-13-23-12-5-6-15-25(23)26)31(21-34,29(35)36)20-22-11-9-14-24(33)19-22/h5-19H,20H2,1-4H3,(H,35,36). The second-order valence-electron chi connectivity index (χ2n) is 10.4. The third kappa shape index (κ3) is 4.14. The van der Waals surface area contributed by atoms with Crippen molar-refractivity contribution >= 4 is 28.3 Å². The van der Waals surface area contributed by atoms with E-state index in [4.69, 9.17) is 16.3 Å². The Balaban J connectivity index is 2.28. The Morgan fingerprint density at radius 1 is 0.919 bits per heavy atom. The lowest BCUT2D eigenvalue weighted by molar-refractivity contribution is -0.151. The van der Waals surface area contributed by atoms with Gasteiger partial charge in [0.15, 0.2) is 5.41 Å². The van der Waals surface area contributed by atoms with E-state index in [-0.39, 0.29) is 6.42 Å². The number of nitriles is 1. The molecule has 0 fully saturated rings. The molecule has 0 spiro atoms. The summed E-state index contributed by atoms with van der Waals surface area (Å²) in [4.78, 5) is 13.6. The van der Waals surface area contributed by atoms with Gasteiger partial charge in [-0.15, -0.1) is 0 Å². The molecule has 4 aromatic carbocycles. The number of carboxylic acid groups (broad SMARTS) is 1. The summed E-state index contributed by atoms with van der Waals surface area (Å²) in [5.41, 5.74) is -1.98. The number of hydrogen-bond donors (Lipinski definition) is 1. The van der Waals surface area contributed by atoms with E-state index in [1.807, 2.05) is 93.6 Å². The fraction of sp³-hybridized carbons (Fsp3) is 0.250. The van der Waals surface area contributed by atoms with Crippen LogP contribution in [-0.2, 0) is 16.6 Å². The Bertz CT molecular complexity index is 1490. The molecule has 0 aromatic heterocycles. The van der Waals surface area contributed by atoms with Gasteiger partial charge in [-0.25, -0.2) is 0 Å². The third-order valence-electron chi connectivity index (χ3n) is 7.38. The zero-order valence-electron chi connectivity index (χ0n) is 21.5. The van der Waals surface area contributed by atoms with Gasteiger partial charge in [0.2, 0.25) is 0 Å². The minimum Gasteiger partial charge on any atom is -0.496 e. The van der Waals surface area contributed by atoms with E-state index in [1.54, 1.807) is 25.3 Å². The lowest BCUT2D eigenvalue weighted by Crippen LogP contribution is -2.59. The predicted octanol–water partition coefficient (Wildman–Crippen LogP) is 7.67. The van der Waals surface area contributed by atoms with Crippen molar-refractivity contribution in [1.29, 1.82) is 5.26 Å². The molecular weight excluding hydrogens is 482 g/mol. The number of para-hydroxylation sites is 1. The maximum absolute atomic E-state index is 13.6. The predicted molar refractivity (Wildman–Crippen MR) is 148 cm³/mol. The van der Waals surface area contributed by atoms with Gasteiger partial charge in [-0.3, -0.25) is 4.79 Å². The maximum Gasteiger partial charge on any atom is 0.325 e. The van der Waals surface area contributed by atoms with Gasteiger partial charge >= 0.3 is 5.97 Å². The van der Waals surface area contributed by atoms with Crippen LogP contribution in [0.4, 0.5) is 0 Å². The van der Waals surface area contributed by atoms with Crippen LogP contribution in [0.3, 0.4) is 0 Å². The topological polar surface area (TPSA) is 70.3 Å². The van der Waals surface area contributed by atoms with Crippen LogP contribution in [0.5, 0.6) is 5.75 Å². The number of fused-ring (bicyclic) bond motifs is 1. The normalized spacial score (nSPS) is 14.8. The lowest BCUT2D eigenvalue weighted by Gasteiger charge is -2.54. The first-order valence-electron chi connectivity index (χ1n) is 12.1. The van der Waals surface area contributed by atoms with E-state index < -0.39 is 22.2 Å². The van der Waals surface area contributed by atoms with Crippen molar-refractivity contribution in [3.8, 4) is 11.8 Å². The molecule has 0 bridgehead atoms. The molecule has 0 aliphatic heterocycles. The molecule has 0 heterocycles. The number of halogens is 1. The number of hydrogen-bond acceptors (Lipinski definition) is 3. The molecule has 1 N–H and O–H groups in total. The maximum atomic E-state index is 13.6. The van der Waals surface area contributed by atoms with Gasteiger partial charge in [0.05, 0.1) is 18.6 Å². The van der Waals surface area contributed by atoms with E-state index in [2.05, 4.69) is 6.07 Å². The zero-order valence-corrected chi connectivity index (χ0v) is 22.2. The smallest absolute Gasteiger partial charge is 0.325 e. The monoisotopic (exact) mass is 511 g/mol. The number of aliphatic carboxylic acids is 1. The number of benzene rings is 4. The van der Waals surface area contributed by atoms with Gasteiger partial charge in [-0.2, -0.15) is 5.26 Å². The summed E-state index contributed by atoms with van der Waals surface area (Å²) in [6.07, 6.45) is -0.0576. The summed E-state index contributed by atoms with van der Waals surface area (Å²) in [6, 6.07) is 30.6. The van der Waals surface area contributed by atoms with Gasteiger partial charge in [-0.1, -0.05) is 105 Å². The first kappa shape index (κ1) is 26.3. The third-order valence-corrected chi connectivity index (χ3v) is 7.62.